The second-order valence-corrected chi connectivity index (χ2v) is 8.27. The largest absolute Gasteiger partial charge is 0.377 e. The number of nitrogens with one attached hydrogen (secondary N) is 1. The zero-order valence-electron chi connectivity index (χ0n) is 14.0. The number of fused-ring (bicyclic) bond motifs is 2. The van der Waals surface area contributed by atoms with Crippen molar-refractivity contribution in [3.8, 4) is 0 Å². The van der Waals surface area contributed by atoms with Gasteiger partial charge in [0.15, 0.2) is 0 Å². The zero-order chi connectivity index (χ0) is 15.3. The number of hydrogen-bond acceptors (Lipinski definition) is 3. The second-order valence-electron chi connectivity index (χ2n) is 8.27. The average molecular weight is 315 g/mol. The van der Waals surface area contributed by atoms with Gasteiger partial charge in [-0.25, -0.2) is 0 Å². The SMILES string of the molecule is c1cn(C2CCCC2)nc1CNC1C2CCOC2C12CCCC2. The smallest absolute Gasteiger partial charge is 0.0762 e. The van der Waals surface area contributed by atoms with Gasteiger partial charge in [-0.1, -0.05) is 25.7 Å². The van der Waals surface area contributed by atoms with Gasteiger partial charge in [0.1, 0.15) is 0 Å². The molecule has 0 aromatic carbocycles. The van der Waals surface area contributed by atoms with Crippen molar-refractivity contribution in [2.24, 2.45) is 11.3 Å². The van der Waals surface area contributed by atoms with Gasteiger partial charge in [-0.2, -0.15) is 5.10 Å². The van der Waals surface area contributed by atoms with Gasteiger partial charge in [-0.15, -0.1) is 0 Å². The molecular formula is C19H29N3O. The van der Waals surface area contributed by atoms with E-state index < -0.39 is 0 Å². The van der Waals surface area contributed by atoms with Crippen LogP contribution in [0.5, 0.6) is 0 Å². The Morgan fingerprint density at radius 1 is 1.17 bits per heavy atom. The van der Waals surface area contributed by atoms with Crippen LogP contribution in [0.1, 0.15) is 69.5 Å². The number of ether oxygens (including phenoxy) is 1. The Hall–Kier alpha value is -0.870. The van der Waals surface area contributed by atoms with E-state index in [0.29, 0.717) is 23.6 Å². The van der Waals surface area contributed by atoms with Crippen molar-refractivity contribution >= 4 is 0 Å². The summed E-state index contributed by atoms with van der Waals surface area (Å²) in [4.78, 5) is 0. The Morgan fingerprint density at radius 3 is 2.83 bits per heavy atom. The average Bonchev–Trinajstić information content (AvgIpc) is 3.33. The van der Waals surface area contributed by atoms with E-state index in [4.69, 9.17) is 9.84 Å². The number of hydrogen-bond donors (Lipinski definition) is 1. The van der Waals surface area contributed by atoms with E-state index in [1.807, 2.05) is 0 Å². The van der Waals surface area contributed by atoms with E-state index in [0.717, 1.165) is 19.1 Å². The van der Waals surface area contributed by atoms with Gasteiger partial charge in [-0.3, -0.25) is 4.68 Å². The summed E-state index contributed by atoms with van der Waals surface area (Å²) in [5, 5.41) is 8.73. The van der Waals surface area contributed by atoms with Crippen LogP contribution in [0.3, 0.4) is 0 Å². The lowest BCUT2D eigenvalue weighted by Crippen LogP contribution is -2.67. The summed E-state index contributed by atoms with van der Waals surface area (Å²) in [5.41, 5.74) is 1.67. The van der Waals surface area contributed by atoms with E-state index in [2.05, 4.69) is 22.3 Å². The van der Waals surface area contributed by atoms with Gasteiger partial charge >= 0.3 is 0 Å². The van der Waals surface area contributed by atoms with Crippen molar-refractivity contribution in [3.05, 3.63) is 18.0 Å². The molecule has 0 bridgehead atoms. The monoisotopic (exact) mass is 315 g/mol. The molecule has 126 valence electrons. The minimum absolute atomic E-state index is 0.454. The minimum atomic E-state index is 0.454. The van der Waals surface area contributed by atoms with E-state index in [-0.39, 0.29) is 0 Å². The van der Waals surface area contributed by atoms with Gasteiger partial charge in [0, 0.05) is 36.7 Å². The molecule has 2 heterocycles. The van der Waals surface area contributed by atoms with Crippen LogP contribution in [0, 0.1) is 11.3 Å². The van der Waals surface area contributed by atoms with Crippen molar-refractivity contribution in [2.75, 3.05) is 6.61 Å². The molecule has 23 heavy (non-hydrogen) atoms. The third kappa shape index (κ3) is 2.21. The topological polar surface area (TPSA) is 39.1 Å². The lowest BCUT2D eigenvalue weighted by Gasteiger charge is -2.57. The maximum atomic E-state index is 6.08. The summed E-state index contributed by atoms with van der Waals surface area (Å²) in [6.45, 7) is 1.90. The van der Waals surface area contributed by atoms with Crippen LogP contribution >= 0.6 is 0 Å². The van der Waals surface area contributed by atoms with Crippen molar-refractivity contribution in [1.82, 2.24) is 15.1 Å². The first-order valence-electron chi connectivity index (χ1n) is 9.76. The van der Waals surface area contributed by atoms with Gasteiger partial charge in [0.05, 0.1) is 17.8 Å². The normalized spacial score (nSPS) is 35.7. The molecule has 4 nitrogen and oxygen atoms in total. The first kappa shape index (κ1) is 14.5. The third-order valence-corrected chi connectivity index (χ3v) is 7.15. The quantitative estimate of drug-likeness (QED) is 0.925. The molecule has 3 unspecified atom stereocenters. The Bertz CT molecular complexity index is 557. The van der Waals surface area contributed by atoms with Crippen LogP contribution in [0.15, 0.2) is 12.3 Å². The van der Waals surface area contributed by atoms with Crippen LogP contribution < -0.4 is 5.32 Å². The highest BCUT2D eigenvalue weighted by molar-refractivity contribution is 5.17. The highest BCUT2D eigenvalue weighted by atomic mass is 16.5. The molecule has 3 aliphatic carbocycles. The predicted molar refractivity (Wildman–Crippen MR) is 89.1 cm³/mol. The Kier molecular flexibility index (Phi) is 3.52. The van der Waals surface area contributed by atoms with Crippen LogP contribution in [0.4, 0.5) is 0 Å². The minimum Gasteiger partial charge on any atom is -0.377 e. The molecule has 4 aliphatic rings. The van der Waals surface area contributed by atoms with E-state index in [1.165, 1.54) is 63.5 Å². The molecule has 1 aliphatic heterocycles. The first-order chi connectivity index (χ1) is 11.4. The maximum absolute atomic E-state index is 6.08. The summed E-state index contributed by atoms with van der Waals surface area (Å²) in [7, 11) is 0. The molecule has 0 amide bonds. The lowest BCUT2D eigenvalue weighted by atomic mass is 9.54. The molecule has 1 aromatic rings. The number of rotatable bonds is 4. The van der Waals surface area contributed by atoms with Crippen molar-refractivity contribution in [2.45, 2.75) is 82.5 Å². The summed E-state index contributed by atoms with van der Waals surface area (Å²) in [6.07, 6.45) is 14.9. The number of nitrogens with zero attached hydrogens (tertiary/aromatic N) is 2. The molecule has 0 radical (unpaired) electrons. The van der Waals surface area contributed by atoms with E-state index >= 15 is 0 Å². The molecule has 3 saturated carbocycles. The molecule has 1 aromatic heterocycles. The number of aromatic nitrogens is 2. The van der Waals surface area contributed by atoms with Crippen molar-refractivity contribution in [1.29, 1.82) is 0 Å². The fraction of sp³-hybridized carbons (Fsp3) is 0.842. The summed E-state index contributed by atoms with van der Waals surface area (Å²) < 4.78 is 8.30. The molecule has 3 atom stereocenters. The highest BCUT2D eigenvalue weighted by Gasteiger charge is 2.64. The van der Waals surface area contributed by atoms with Gasteiger partial charge < -0.3 is 10.1 Å². The maximum Gasteiger partial charge on any atom is 0.0762 e. The standard InChI is InChI=1S/C19H29N3O/c1-2-6-15(5-1)22-11-7-14(21-22)13-20-17-16-8-12-23-18(16)19(17)9-3-4-10-19/h7,11,15-18,20H,1-6,8-10,12-13H2. The second kappa shape index (κ2) is 5.59. The molecule has 5 rings (SSSR count). The fourth-order valence-corrected chi connectivity index (χ4v) is 6.07. The van der Waals surface area contributed by atoms with Gasteiger partial charge in [0.25, 0.3) is 0 Å². The van der Waals surface area contributed by atoms with Crippen LogP contribution in [-0.4, -0.2) is 28.5 Å². The predicted octanol–water partition coefficient (Wildman–Crippen LogP) is 3.44. The van der Waals surface area contributed by atoms with Crippen LogP contribution in [0.2, 0.25) is 0 Å². The Labute approximate surface area is 139 Å². The van der Waals surface area contributed by atoms with Crippen molar-refractivity contribution in [3.63, 3.8) is 0 Å². The molecule has 1 saturated heterocycles. The Morgan fingerprint density at radius 2 is 2.00 bits per heavy atom. The summed E-state index contributed by atoms with van der Waals surface area (Å²) in [5.74, 6) is 0.755. The van der Waals surface area contributed by atoms with Gasteiger partial charge in [-0.05, 0) is 38.2 Å². The summed E-state index contributed by atoms with van der Waals surface area (Å²) in [6, 6.07) is 3.53. The van der Waals surface area contributed by atoms with Crippen molar-refractivity contribution < 1.29 is 4.74 Å². The van der Waals surface area contributed by atoms with Crippen LogP contribution in [-0.2, 0) is 11.3 Å². The Balaban J connectivity index is 1.25. The first-order valence-corrected chi connectivity index (χ1v) is 9.76. The molecule has 4 heteroatoms. The lowest BCUT2D eigenvalue weighted by molar-refractivity contribution is -0.131. The van der Waals surface area contributed by atoms with Gasteiger partial charge in [0.2, 0.25) is 0 Å². The molecule has 1 N–H and O–H groups in total. The van der Waals surface area contributed by atoms with E-state index in [1.54, 1.807) is 0 Å². The zero-order valence-corrected chi connectivity index (χ0v) is 14.0. The van der Waals surface area contributed by atoms with E-state index in [9.17, 15) is 0 Å². The fourth-order valence-electron chi connectivity index (χ4n) is 6.07. The highest BCUT2D eigenvalue weighted by Crippen LogP contribution is 2.60. The van der Waals surface area contributed by atoms with Crippen LogP contribution in [0.25, 0.3) is 0 Å². The molecule has 4 fully saturated rings. The molecule has 1 spiro atoms. The molecular weight excluding hydrogens is 286 g/mol. The third-order valence-electron chi connectivity index (χ3n) is 7.15. The summed E-state index contributed by atoms with van der Waals surface area (Å²) >= 11 is 0.